The monoisotopic (exact) mass is 472 g/mol. The summed E-state index contributed by atoms with van der Waals surface area (Å²) < 4.78 is 11.0. The van der Waals surface area contributed by atoms with E-state index in [1.54, 1.807) is 32.5 Å². The number of rotatable bonds is 7. The van der Waals surface area contributed by atoms with Crippen molar-refractivity contribution < 1.29 is 23.9 Å². The molecule has 2 aliphatic heterocycles. The summed E-state index contributed by atoms with van der Waals surface area (Å²) in [7, 11) is 3.21. The lowest BCUT2D eigenvalue weighted by atomic mass is 9.91. The summed E-state index contributed by atoms with van der Waals surface area (Å²) in [5.41, 5.74) is 3.66. The predicted molar refractivity (Wildman–Crippen MR) is 123 cm³/mol. The van der Waals surface area contributed by atoms with Gasteiger partial charge in [0.05, 0.1) is 26.8 Å². The highest BCUT2D eigenvalue weighted by molar-refractivity contribution is 7.10. The van der Waals surface area contributed by atoms with E-state index >= 15 is 0 Å². The van der Waals surface area contributed by atoms with Crippen LogP contribution in [0.4, 0.5) is 4.79 Å². The quantitative estimate of drug-likeness (QED) is 0.601. The van der Waals surface area contributed by atoms with Crippen LogP contribution in [0.25, 0.3) is 0 Å². The lowest BCUT2D eigenvalue weighted by Gasteiger charge is -2.37. The molecule has 0 unspecified atom stereocenters. The van der Waals surface area contributed by atoms with Crippen LogP contribution in [0.15, 0.2) is 29.6 Å². The Morgan fingerprint density at radius 3 is 2.61 bits per heavy atom. The summed E-state index contributed by atoms with van der Waals surface area (Å²) in [6, 6.07) is 7.19. The number of ether oxygens (including phenoxy) is 2. The highest BCUT2D eigenvalue weighted by Crippen LogP contribution is 2.42. The Balaban J connectivity index is 1.58. The first-order valence-electron chi connectivity index (χ1n) is 10.8. The van der Waals surface area contributed by atoms with Crippen molar-refractivity contribution in [3.05, 3.63) is 45.6 Å². The number of thiophene rings is 1. The molecule has 0 spiro atoms. The smallest absolute Gasteiger partial charge is 0.344 e. The molecule has 3 heterocycles. The fourth-order valence-electron chi connectivity index (χ4n) is 4.32. The third-order valence-electron chi connectivity index (χ3n) is 6.34. The summed E-state index contributed by atoms with van der Waals surface area (Å²) in [6.07, 6.45) is 1.15. The standard InChI is InChI=1S/C23H28N4O5S/c1-5-23(2)21(29)27(22(30)24-23)25-19(28)13-26-9-8-14-11-16(31-3)17(32-4)12-15(14)20(26)18-7-6-10-33-18/h6-7,10-12,20H,5,8-9,13H2,1-4H3,(H,24,30)(H,25,28)/t20-,23+/m0/s1. The highest BCUT2D eigenvalue weighted by Gasteiger charge is 2.47. The largest absolute Gasteiger partial charge is 0.493 e. The van der Waals surface area contributed by atoms with Gasteiger partial charge < -0.3 is 14.8 Å². The van der Waals surface area contributed by atoms with Gasteiger partial charge in [0.15, 0.2) is 11.5 Å². The van der Waals surface area contributed by atoms with E-state index in [1.807, 2.05) is 41.5 Å². The van der Waals surface area contributed by atoms with Crippen molar-refractivity contribution >= 4 is 29.2 Å². The molecule has 176 valence electrons. The summed E-state index contributed by atoms with van der Waals surface area (Å²) >= 11 is 1.61. The minimum Gasteiger partial charge on any atom is -0.493 e. The van der Waals surface area contributed by atoms with Gasteiger partial charge in [-0.3, -0.25) is 19.9 Å². The van der Waals surface area contributed by atoms with Crippen molar-refractivity contribution in [2.45, 2.75) is 38.3 Å². The molecule has 1 aromatic heterocycles. The van der Waals surface area contributed by atoms with Gasteiger partial charge in [-0.25, -0.2) is 4.79 Å². The second-order valence-electron chi connectivity index (χ2n) is 8.34. The fraction of sp³-hybridized carbons (Fsp3) is 0.435. The lowest BCUT2D eigenvalue weighted by molar-refractivity contribution is -0.139. The molecule has 10 heteroatoms. The number of urea groups is 1. The number of methoxy groups -OCH3 is 2. The summed E-state index contributed by atoms with van der Waals surface area (Å²) in [5.74, 6) is 0.413. The molecule has 2 aliphatic rings. The van der Waals surface area contributed by atoms with Crippen molar-refractivity contribution in [3.63, 3.8) is 0 Å². The number of benzene rings is 1. The van der Waals surface area contributed by atoms with E-state index in [0.29, 0.717) is 24.5 Å². The Labute approximate surface area is 196 Å². The Kier molecular flexibility index (Phi) is 6.31. The van der Waals surface area contributed by atoms with E-state index in [0.717, 1.165) is 27.4 Å². The van der Waals surface area contributed by atoms with Gasteiger partial charge in [0.2, 0.25) is 0 Å². The van der Waals surface area contributed by atoms with Crippen LogP contribution in [0.5, 0.6) is 11.5 Å². The Morgan fingerprint density at radius 2 is 2.00 bits per heavy atom. The second kappa shape index (κ2) is 9.03. The Bertz CT molecular complexity index is 1070. The van der Waals surface area contributed by atoms with E-state index in [2.05, 4.69) is 10.7 Å². The van der Waals surface area contributed by atoms with E-state index in [9.17, 15) is 14.4 Å². The molecule has 1 aromatic carbocycles. The summed E-state index contributed by atoms with van der Waals surface area (Å²) in [6.45, 7) is 4.11. The topological polar surface area (TPSA) is 100 Å². The number of fused-ring (bicyclic) bond motifs is 1. The van der Waals surface area contributed by atoms with Crippen molar-refractivity contribution in [2.75, 3.05) is 27.3 Å². The number of hydrogen-bond acceptors (Lipinski definition) is 7. The molecule has 2 atom stereocenters. The van der Waals surface area contributed by atoms with Crippen LogP contribution in [0.1, 0.15) is 42.3 Å². The van der Waals surface area contributed by atoms with Gasteiger partial charge in [-0.05, 0) is 54.5 Å². The van der Waals surface area contributed by atoms with E-state index < -0.39 is 23.4 Å². The van der Waals surface area contributed by atoms with E-state index in [4.69, 9.17) is 9.47 Å². The number of carbonyl (C=O) groups excluding carboxylic acids is 3. The molecule has 2 N–H and O–H groups in total. The molecule has 1 saturated heterocycles. The molecule has 1 fully saturated rings. The minimum absolute atomic E-state index is 0.0241. The average molecular weight is 473 g/mol. The zero-order chi connectivity index (χ0) is 23.8. The maximum atomic E-state index is 12.9. The molecule has 0 radical (unpaired) electrons. The molecule has 33 heavy (non-hydrogen) atoms. The third-order valence-corrected chi connectivity index (χ3v) is 7.26. The van der Waals surface area contributed by atoms with Crippen LogP contribution in [0.2, 0.25) is 0 Å². The molecular weight excluding hydrogens is 444 g/mol. The van der Waals surface area contributed by atoms with Gasteiger partial charge in [0, 0.05) is 11.4 Å². The first-order valence-corrected chi connectivity index (χ1v) is 11.7. The SMILES string of the molecule is CC[C@@]1(C)NC(=O)N(NC(=O)CN2CCc3cc(OC)c(OC)cc3[C@H]2c2cccs2)C1=O. The van der Waals surface area contributed by atoms with Crippen LogP contribution < -0.4 is 20.2 Å². The van der Waals surface area contributed by atoms with Gasteiger partial charge in [-0.1, -0.05) is 13.0 Å². The molecule has 4 rings (SSSR count). The lowest BCUT2D eigenvalue weighted by Crippen LogP contribution is -2.52. The maximum Gasteiger partial charge on any atom is 0.344 e. The van der Waals surface area contributed by atoms with Crippen LogP contribution >= 0.6 is 11.3 Å². The van der Waals surface area contributed by atoms with Crippen molar-refractivity contribution in [3.8, 4) is 11.5 Å². The molecular formula is C23H28N4O5S. The molecule has 0 bridgehead atoms. The van der Waals surface area contributed by atoms with Gasteiger partial charge in [0.25, 0.3) is 11.8 Å². The minimum atomic E-state index is -1.01. The van der Waals surface area contributed by atoms with Crippen LogP contribution in [-0.2, 0) is 16.0 Å². The highest BCUT2D eigenvalue weighted by atomic mass is 32.1. The van der Waals surface area contributed by atoms with Crippen molar-refractivity contribution in [1.29, 1.82) is 0 Å². The van der Waals surface area contributed by atoms with E-state index in [-0.39, 0.29) is 12.6 Å². The number of hydrazine groups is 1. The number of hydrogen-bond donors (Lipinski definition) is 2. The van der Waals surface area contributed by atoms with Gasteiger partial charge in [-0.15, -0.1) is 11.3 Å². The number of nitrogens with zero attached hydrogens (tertiary/aromatic N) is 2. The maximum absolute atomic E-state index is 12.9. The molecule has 0 aliphatic carbocycles. The molecule has 9 nitrogen and oxygen atoms in total. The molecule has 2 aromatic rings. The molecule has 0 saturated carbocycles. The van der Waals surface area contributed by atoms with Crippen LogP contribution in [0, 0.1) is 0 Å². The number of imide groups is 1. The number of carbonyl (C=O) groups is 3. The van der Waals surface area contributed by atoms with Crippen molar-refractivity contribution in [2.24, 2.45) is 0 Å². The fourth-order valence-corrected chi connectivity index (χ4v) is 5.19. The van der Waals surface area contributed by atoms with Crippen LogP contribution in [0.3, 0.4) is 0 Å². The second-order valence-corrected chi connectivity index (χ2v) is 9.32. The van der Waals surface area contributed by atoms with Crippen LogP contribution in [-0.4, -0.2) is 60.6 Å². The van der Waals surface area contributed by atoms with E-state index in [1.165, 1.54) is 0 Å². The summed E-state index contributed by atoms with van der Waals surface area (Å²) in [4.78, 5) is 41.0. The van der Waals surface area contributed by atoms with Gasteiger partial charge >= 0.3 is 6.03 Å². The average Bonchev–Trinajstić information content (AvgIpc) is 3.41. The van der Waals surface area contributed by atoms with Gasteiger partial charge in [0.1, 0.15) is 5.54 Å². The number of nitrogens with one attached hydrogen (secondary N) is 2. The normalized spacial score (nSPS) is 22.7. The zero-order valence-electron chi connectivity index (χ0n) is 19.1. The Morgan fingerprint density at radius 1 is 1.27 bits per heavy atom. The Hall–Kier alpha value is -3.11. The third kappa shape index (κ3) is 4.16. The molecule has 4 amide bonds. The first kappa shape index (κ1) is 23.1. The van der Waals surface area contributed by atoms with Crippen molar-refractivity contribution in [1.82, 2.24) is 20.7 Å². The first-order chi connectivity index (χ1) is 15.8. The summed E-state index contributed by atoms with van der Waals surface area (Å²) in [5, 5.41) is 5.43. The van der Waals surface area contributed by atoms with Gasteiger partial charge in [-0.2, -0.15) is 5.01 Å². The zero-order valence-corrected chi connectivity index (χ0v) is 20.0. The predicted octanol–water partition coefficient (Wildman–Crippen LogP) is 2.46. The number of amides is 4.